The van der Waals surface area contributed by atoms with Gasteiger partial charge in [0.15, 0.2) is 0 Å². The topological polar surface area (TPSA) is 55.2 Å². The second kappa shape index (κ2) is 9.72. The zero-order valence-corrected chi connectivity index (χ0v) is 12.5. The van der Waals surface area contributed by atoms with Gasteiger partial charge in [0.05, 0.1) is 11.0 Å². The van der Waals surface area contributed by atoms with Crippen molar-refractivity contribution in [1.82, 2.24) is 5.32 Å². The molecule has 20 heavy (non-hydrogen) atoms. The molecule has 0 atom stereocenters. The van der Waals surface area contributed by atoms with Crippen LogP contribution in [-0.2, 0) is 6.54 Å². The molecule has 0 unspecified atom stereocenters. The van der Waals surface area contributed by atoms with Crippen LogP contribution in [-0.4, -0.2) is 23.5 Å². The van der Waals surface area contributed by atoms with E-state index >= 15 is 0 Å². The summed E-state index contributed by atoms with van der Waals surface area (Å²) < 4.78 is 13.2. The first-order valence-electron chi connectivity index (χ1n) is 6.77. The molecule has 0 spiro atoms. The van der Waals surface area contributed by atoms with Crippen LogP contribution < -0.4 is 5.32 Å². The number of nitrogens with one attached hydrogen (secondary N) is 1. The summed E-state index contributed by atoms with van der Waals surface area (Å²) in [7, 11) is 0. The molecule has 4 nitrogen and oxygen atoms in total. The fourth-order valence-electron chi connectivity index (χ4n) is 1.92. The largest absolute Gasteiger partial charge is 0.313 e. The molecule has 0 aromatic heterocycles. The number of hydrogen-bond acceptors (Lipinski definition) is 4. The van der Waals surface area contributed by atoms with Crippen LogP contribution in [0.3, 0.4) is 0 Å². The van der Waals surface area contributed by atoms with Crippen molar-refractivity contribution in [3.63, 3.8) is 0 Å². The van der Waals surface area contributed by atoms with Gasteiger partial charge in [-0.3, -0.25) is 10.1 Å². The molecule has 0 fully saturated rings. The van der Waals surface area contributed by atoms with E-state index in [1.165, 1.54) is 37.1 Å². The van der Waals surface area contributed by atoms with Gasteiger partial charge in [-0.25, -0.2) is 4.39 Å². The average Bonchev–Trinajstić information content (AvgIpc) is 2.41. The zero-order chi connectivity index (χ0) is 14.8. The van der Waals surface area contributed by atoms with E-state index in [1.54, 1.807) is 0 Å². The first-order chi connectivity index (χ1) is 9.63. The maximum absolute atomic E-state index is 13.2. The van der Waals surface area contributed by atoms with Gasteiger partial charge in [0.25, 0.3) is 5.69 Å². The molecule has 112 valence electrons. The molecule has 0 saturated heterocycles. The maximum Gasteiger partial charge on any atom is 0.272 e. The van der Waals surface area contributed by atoms with Gasteiger partial charge in [0.2, 0.25) is 0 Å². The summed E-state index contributed by atoms with van der Waals surface area (Å²) >= 11 is 1.87. The van der Waals surface area contributed by atoms with E-state index in [0.717, 1.165) is 19.0 Å². The highest BCUT2D eigenvalue weighted by atomic mass is 32.2. The third-order valence-corrected chi connectivity index (χ3v) is 3.63. The standard InChI is InChI=1S/C14H21FN2O2S/c1-20-7-5-3-2-4-6-16-11-12-8-13(15)10-14(9-12)17(18)19/h8-10,16H,2-7,11H2,1H3. The van der Waals surface area contributed by atoms with Gasteiger partial charge in [-0.2, -0.15) is 11.8 Å². The first kappa shape index (κ1) is 16.9. The molecule has 0 aliphatic carbocycles. The number of rotatable bonds is 10. The normalized spacial score (nSPS) is 10.7. The monoisotopic (exact) mass is 300 g/mol. The maximum atomic E-state index is 13.2. The van der Waals surface area contributed by atoms with E-state index in [-0.39, 0.29) is 5.69 Å². The Labute approximate surface area is 123 Å². The Bertz CT molecular complexity index is 430. The number of non-ortho nitro benzene ring substituents is 1. The van der Waals surface area contributed by atoms with Crippen molar-refractivity contribution in [2.45, 2.75) is 32.2 Å². The fourth-order valence-corrected chi connectivity index (χ4v) is 2.42. The summed E-state index contributed by atoms with van der Waals surface area (Å²) in [5.74, 6) is 0.647. The number of hydrogen-bond donors (Lipinski definition) is 1. The van der Waals surface area contributed by atoms with Crippen LogP contribution in [0.1, 0.15) is 31.2 Å². The summed E-state index contributed by atoms with van der Waals surface area (Å²) in [6.45, 7) is 1.31. The number of nitro groups is 1. The number of nitrogens with zero attached hydrogens (tertiary/aromatic N) is 1. The number of nitro benzene ring substituents is 1. The molecule has 0 aliphatic rings. The molecule has 0 bridgehead atoms. The Morgan fingerprint density at radius 2 is 2.00 bits per heavy atom. The van der Waals surface area contributed by atoms with Crippen LogP contribution in [0.2, 0.25) is 0 Å². The van der Waals surface area contributed by atoms with Crippen LogP contribution in [0.5, 0.6) is 0 Å². The number of benzene rings is 1. The van der Waals surface area contributed by atoms with Crippen LogP contribution in [0.25, 0.3) is 0 Å². The highest BCUT2D eigenvalue weighted by Gasteiger charge is 2.09. The van der Waals surface area contributed by atoms with Crippen molar-refractivity contribution in [2.24, 2.45) is 0 Å². The number of thioether (sulfide) groups is 1. The van der Waals surface area contributed by atoms with E-state index in [0.29, 0.717) is 12.1 Å². The van der Waals surface area contributed by atoms with E-state index < -0.39 is 10.7 Å². The van der Waals surface area contributed by atoms with Crippen molar-refractivity contribution < 1.29 is 9.31 Å². The summed E-state index contributed by atoms with van der Waals surface area (Å²) in [6, 6.07) is 3.68. The molecule has 1 aromatic rings. The summed E-state index contributed by atoms with van der Waals surface area (Å²) in [4.78, 5) is 10.1. The van der Waals surface area contributed by atoms with Gasteiger partial charge in [-0.1, -0.05) is 12.8 Å². The van der Waals surface area contributed by atoms with Crippen LogP contribution in [0.15, 0.2) is 18.2 Å². The molecule has 0 heterocycles. The fraction of sp³-hybridized carbons (Fsp3) is 0.571. The van der Waals surface area contributed by atoms with Gasteiger partial charge in [-0.05, 0) is 43.0 Å². The van der Waals surface area contributed by atoms with E-state index in [4.69, 9.17) is 0 Å². The zero-order valence-electron chi connectivity index (χ0n) is 11.7. The minimum Gasteiger partial charge on any atom is -0.313 e. The van der Waals surface area contributed by atoms with Gasteiger partial charge < -0.3 is 5.32 Å². The molecule has 0 amide bonds. The molecule has 0 saturated carbocycles. The Balaban J connectivity index is 2.23. The van der Waals surface area contributed by atoms with Crippen molar-refractivity contribution in [3.8, 4) is 0 Å². The van der Waals surface area contributed by atoms with Crippen LogP contribution in [0.4, 0.5) is 10.1 Å². The number of unbranched alkanes of at least 4 members (excludes halogenated alkanes) is 3. The Kier molecular flexibility index (Phi) is 8.22. The van der Waals surface area contributed by atoms with Gasteiger partial charge in [-0.15, -0.1) is 0 Å². The highest BCUT2D eigenvalue weighted by Crippen LogP contribution is 2.16. The Morgan fingerprint density at radius 1 is 1.25 bits per heavy atom. The molecule has 6 heteroatoms. The second-order valence-electron chi connectivity index (χ2n) is 4.66. The Hall–Kier alpha value is -1.14. The van der Waals surface area contributed by atoms with Gasteiger partial charge in [0.1, 0.15) is 5.82 Å². The average molecular weight is 300 g/mol. The van der Waals surface area contributed by atoms with Gasteiger partial charge >= 0.3 is 0 Å². The van der Waals surface area contributed by atoms with Crippen LogP contribution in [0, 0.1) is 15.9 Å². The molecular formula is C14H21FN2O2S. The second-order valence-corrected chi connectivity index (χ2v) is 5.64. The predicted molar refractivity (Wildman–Crippen MR) is 81.6 cm³/mol. The summed E-state index contributed by atoms with van der Waals surface area (Å²) in [6.07, 6.45) is 6.84. The quantitative estimate of drug-likeness (QED) is 0.406. The molecule has 0 radical (unpaired) electrons. The minimum atomic E-state index is -0.571. The van der Waals surface area contributed by atoms with Gasteiger partial charge in [0, 0.05) is 12.6 Å². The Morgan fingerprint density at radius 3 is 2.70 bits per heavy atom. The van der Waals surface area contributed by atoms with E-state index in [1.807, 2.05) is 11.8 Å². The lowest BCUT2D eigenvalue weighted by Gasteiger charge is -2.05. The van der Waals surface area contributed by atoms with Crippen LogP contribution >= 0.6 is 11.8 Å². The molecule has 1 rings (SSSR count). The highest BCUT2D eigenvalue weighted by molar-refractivity contribution is 7.98. The minimum absolute atomic E-state index is 0.195. The lowest BCUT2D eigenvalue weighted by molar-refractivity contribution is -0.385. The van der Waals surface area contributed by atoms with Crippen molar-refractivity contribution in [3.05, 3.63) is 39.7 Å². The lowest BCUT2D eigenvalue weighted by Crippen LogP contribution is -2.15. The van der Waals surface area contributed by atoms with E-state index in [9.17, 15) is 14.5 Å². The van der Waals surface area contributed by atoms with Crippen molar-refractivity contribution in [2.75, 3.05) is 18.6 Å². The molecular weight excluding hydrogens is 279 g/mol. The SMILES string of the molecule is CSCCCCCCNCc1cc(F)cc([N+](=O)[O-])c1. The van der Waals surface area contributed by atoms with E-state index in [2.05, 4.69) is 11.6 Å². The third kappa shape index (κ3) is 6.86. The summed E-state index contributed by atoms with van der Waals surface area (Å²) in [5.41, 5.74) is 0.415. The molecule has 1 N–H and O–H groups in total. The smallest absolute Gasteiger partial charge is 0.272 e. The summed E-state index contributed by atoms with van der Waals surface area (Å²) in [5, 5.41) is 13.8. The van der Waals surface area contributed by atoms with Crippen molar-refractivity contribution in [1.29, 1.82) is 0 Å². The van der Waals surface area contributed by atoms with Crippen molar-refractivity contribution >= 4 is 17.4 Å². The first-order valence-corrected chi connectivity index (χ1v) is 8.16. The molecule has 1 aromatic carbocycles. The molecule has 0 aliphatic heterocycles. The predicted octanol–water partition coefficient (Wildman–Crippen LogP) is 3.75. The number of halogens is 1. The third-order valence-electron chi connectivity index (χ3n) is 2.93. The lowest BCUT2D eigenvalue weighted by atomic mass is 10.2.